The third-order valence-electron chi connectivity index (χ3n) is 5.07. The van der Waals surface area contributed by atoms with Crippen LogP contribution in [-0.4, -0.2) is 36.3 Å². The molecular weight excluding hydrogens is 308 g/mol. The van der Waals surface area contributed by atoms with Gasteiger partial charge in [-0.2, -0.15) is 0 Å². The molecule has 4 nitrogen and oxygen atoms in total. The summed E-state index contributed by atoms with van der Waals surface area (Å²) in [5.41, 5.74) is 2.51. The number of hydrogen-bond acceptors (Lipinski definition) is 3. The molecule has 0 aliphatic carbocycles. The Morgan fingerprint density at radius 2 is 1.87 bits per heavy atom. The minimum Gasteiger partial charge on any atom is -0.327 e. The number of imide groups is 1. The molecule has 0 spiro atoms. The number of nitrogens with one attached hydrogen (secondary N) is 1. The van der Waals surface area contributed by atoms with Crippen LogP contribution in [0, 0.1) is 0 Å². The van der Waals surface area contributed by atoms with Crippen LogP contribution in [0.5, 0.6) is 0 Å². The quantitative estimate of drug-likeness (QED) is 0.869. The summed E-state index contributed by atoms with van der Waals surface area (Å²) in [5.74, 6) is -0.295. The van der Waals surface area contributed by atoms with Gasteiger partial charge in [-0.05, 0) is 30.5 Å². The van der Waals surface area contributed by atoms with E-state index in [2.05, 4.69) is 18.4 Å². The Morgan fingerprint density at radius 1 is 1.17 bits per heavy atom. The number of benzene rings is 1. The molecule has 2 aromatic rings. The van der Waals surface area contributed by atoms with Crippen molar-refractivity contribution in [1.29, 1.82) is 0 Å². The van der Waals surface area contributed by atoms with Crippen molar-refractivity contribution in [3.05, 3.63) is 57.3 Å². The Hall–Kier alpha value is -1.98. The van der Waals surface area contributed by atoms with Gasteiger partial charge < -0.3 is 4.90 Å². The van der Waals surface area contributed by atoms with Gasteiger partial charge in [-0.1, -0.05) is 12.1 Å². The molecule has 0 saturated heterocycles. The molecule has 0 radical (unpaired) electrons. The van der Waals surface area contributed by atoms with Crippen molar-refractivity contribution in [3.63, 3.8) is 0 Å². The number of carbonyl (C=O) groups excluding carboxylic acids is 2. The lowest BCUT2D eigenvalue weighted by Crippen LogP contribution is -3.13. The van der Waals surface area contributed by atoms with Crippen LogP contribution in [0.15, 0.2) is 35.7 Å². The first-order valence-electron chi connectivity index (χ1n) is 8.03. The van der Waals surface area contributed by atoms with E-state index in [0.717, 1.165) is 19.5 Å². The van der Waals surface area contributed by atoms with E-state index in [4.69, 9.17) is 0 Å². The second-order valence-corrected chi connectivity index (χ2v) is 7.24. The number of rotatable bonds is 3. The normalized spacial score (nSPS) is 23.1. The number of amides is 2. The summed E-state index contributed by atoms with van der Waals surface area (Å²) in [6, 6.07) is 9.74. The van der Waals surface area contributed by atoms with Crippen LogP contribution in [0.3, 0.4) is 0 Å². The number of nitrogens with zero attached hydrogens (tertiary/aromatic N) is 1. The van der Waals surface area contributed by atoms with Gasteiger partial charge in [0.15, 0.2) is 0 Å². The minimum atomic E-state index is -0.147. The first-order valence-corrected chi connectivity index (χ1v) is 8.91. The Bertz CT molecular complexity index is 748. The Kier molecular flexibility index (Phi) is 3.54. The highest BCUT2D eigenvalue weighted by Crippen LogP contribution is 2.25. The summed E-state index contributed by atoms with van der Waals surface area (Å²) >= 11 is 1.83. The van der Waals surface area contributed by atoms with Crippen molar-refractivity contribution in [2.24, 2.45) is 0 Å². The summed E-state index contributed by atoms with van der Waals surface area (Å²) in [6.07, 6.45) is 1.09. The molecule has 1 aromatic heterocycles. The molecule has 0 bridgehead atoms. The van der Waals surface area contributed by atoms with E-state index in [0.29, 0.717) is 23.7 Å². The maximum Gasteiger partial charge on any atom is 0.261 e. The maximum atomic E-state index is 12.4. The lowest BCUT2D eigenvalue weighted by molar-refractivity contribution is -0.931. The molecule has 23 heavy (non-hydrogen) atoms. The third kappa shape index (κ3) is 2.31. The summed E-state index contributed by atoms with van der Waals surface area (Å²) in [7, 11) is 0. The van der Waals surface area contributed by atoms with Gasteiger partial charge in [-0.15, -0.1) is 11.3 Å². The Morgan fingerprint density at radius 3 is 2.57 bits per heavy atom. The van der Waals surface area contributed by atoms with Gasteiger partial charge in [0.2, 0.25) is 0 Å². The second kappa shape index (κ2) is 5.58. The van der Waals surface area contributed by atoms with Crippen molar-refractivity contribution < 1.29 is 14.5 Å². The van der Waals surface area contributed by atoms with E-state index >= 15 is 0 Å². The van der Waals surface area contributed by atoms with Gasteiger partial charge >= 0.3 is 0 Å². The van der Waals surface area contributed by atoms with E-state index in [9.17, 15) is 9.59 Å². The van der Waals surface area contributed by atoms with E-state index in [1.165, 1.54) is 20.2 Å². The van der Waals surface area contributed by atoms with E-state index in [-0.39, 0.29) is 11.8 Å². The molecule has 5 heteroatoms. The van der Waals surface area contributed by atoms with Crippen molar-refractivity contribution in [3.8, 4) is 0 Å². The molecule has 0 saturated carbocycles. The lowest BCUT2D eigenvalue weighted by Gasteiger charge is -2.31. The van der Waals surface area contributed by atoms with Crippen LogP contribution in [0.1, 0.15) is 44.1 Å². The molecule has 2 aliphatic heterocycles. The summed E-state index contributed by atoms with van der Waals surface area (Å²) < 4.78 is 0. The highest BCUT2D eigenvalue weighted by Gasteiger charge is 2.36. The van der Waals surface area contributed by atoms with Gasteiger partial charge in [0.1, 0.15) is 6.04 Å². The van der Waals surface area contributed by atoms with Crippen molar-refractivity contribution >= 4 is 23.2 Å². The molecule has 0 fully saturated rings. The smallest absolute Gasteiger partial charge is 0.261 e. The second-order valence-electron chi connectivity index (χ2n) is 6.24. The van der Waals surface area contributed by atoms with Gasteiger partial charge in [-0.25, -0.2) is 0 Å². The molecule has 2 aliphatic rings. The monoisotopic (exact) mass is 327 g/mol. The molecule has 118 valence electrons. The fraction of sp³-hybridized carbons (Fsp3) is 0.333. The zero-order valence-corrected chi connectivity index (χ0v) is 13.9. The minimum absolute atomic E-state index is 0.147. The molecule has 1 N–H and O–H groups in total. The van der Waals surface area contributed by atoms with Crippen LogP contribution in [0.4, 0.5) is 0 Å². The maximum absolute atomic E-state index is 12.4. The summed E-state index contributed by atoms with van der Waals surface area (Å²) in [4.78, 5) is 29.2. The van der Waals surface area contributed by atoms with Gasteiger partial charge in [0.05, 0.1) is 30.8 Å². The predicted molar refractivity (Wildman–Crippen MR) is 88.9 cm³/mol. The zero-order valence-electron chi connectivity index (χ0n) is 13.0. The predicted octanol–water partition coefficient (Wildman–Crippen LogP) is 1.55. The number of fused-ring (bicyclic) bond motifs is 2. The van der Waals surface area contributed by atoms with Gasteiger partial charge in [0, 0.05) is 16.9 Å². The molecule has 2 atom stereocenters. The standard InChI is InChI=1S/C18H18N2O2S/c1-12-13-7-11-23-16(13)6-8-19(12)9-10-20-17(21)14-4-2-3-5-15(14)18(20)22/h2-5,7,11-12H,6,8-10H2,1H3/p+1/t12-/m1/s1. The van der Waals surface area contributed by atoms with Crippen LogP contribution in [-0.2, 0) is 6.42 Å². The number of thiophene rings is 1. The molecule has 3 heterocycles. The highest BCUT2D eigenvalue weighted by molar-refractivity contribution is 7.10. The number of carbonyl (C=O) groups is 2. The van der Waals surface area contributed by atoms with Crippen LogP contribution in [0.2, 0.25) is 0 Å². The van der Waals surface area contributed by atoms with Crippen molar-refractivity contribution in [2.75, 3.05) is 19.6 Å². The average molecular weight is 327 g/mol. The van der Waals surface area contributed by atoms with Crippen LogP contribution < -0.4 is 4.90 Å². The van der Waals surface area contributed by atoms with Crippen LogP contribution in [0.25, 0.3) is 0 Å². The molecular formula is C18H19N2O2S+. The van der Waals surface area contributed by atoms with E-state index in [1.54, 1.807) is 12.1 Å². The van der Waals surface area contributed by atoms with E-state index in [1.807, 2.05) is 23.5 Å². The average Bonchev–Trinajstić information content (AvgIpc) is 3.13. The zero-order chi connectivity index (χ0) is 16.0. The first-order chi connectivity index (χ1) is 11.2. The Labute approximate surface area is 139 Å². The fourth-order valence-electron chi connectivity index (χ4n) is 3.69. The summed E-state index contributed by atoms with van der Waals surface area (Å²) in [6.45, 7) is 4.60. The molecule has 4 rings (SSSR count). The summed E-state index contributed by atoms with van der Waals surface area (Å²) in [5, 5.41) is 2.16. The van der Waals surface area contributed by atoms with Crippen molar-refractivity contribution in [2.45, 2.75) is 19.4 Å². The van der Waals surface area contributed by atoms with Crippen molar-refractivity contribution in [1.82, 2.24) is 4.90 Å². The van der Waals surface area contributed by atoms with Gasteiger partial charge in [0.25, 0.3) is 11.8 Å². The molecule has 1 aromatic carbocycles. The fourth-order valence-corrected chi connectivity index (χ4v) is 4.67. The topological polar surface area (TPSA) is 41.8 Å². The van der Waals surface area contributed by atoms with E-state index < -0.39 is 0 Å². The Balaban J connectivity index is 1.47. The highest BCUT2D eigenvalue weighted by atomic mass is 32.1. The lowest BCUT2D eigenvalue weighted by atomic mass is 10.0. The SMILES string of the molecule is C[C@@H]1c2ccsc2CC[NH+]1CCN1C(=O)c2ccccc2C1=O. The first kappa shape index (κ1) is 14.6. The number of hydrogen-bond donors (Lipinski definition) is 1. The third-order valence-corrected chi connectivity index (χ3v) is 6.06. The number of quaternary nitrogens is 1. The largest absolute Gasteiger partial charge is 0.327 e. The van der Waals surface area contributed by atoms with Gasteiger partial charge in [-0.3, -0.25) is 14.5 Å². The molecule has 2 amide bonds. The van der Waals surface area contributed by atoms with Crippen LogP contribution >= 0.6 is 11.3 Å². The molecule has 1 unspecified atom stereocenters.